The second-order valence-electron chi connectivity index (χ2n) is 4.27. The summed E-state index contributed by atoms with van der Waals surface area (Å²) < 4.78 is 0. The fraction of sp³-hybridized carbons (Fsp3) is 0.833. The van der Waals surface area contributed by atoms with Crippen molar-refractivity contribution >= 4 is 0 Å². The van der Waals surface area contributed by atoms with Gasteiger partial charge in [-0.05, 0) is 31.6 Å². The van der Waals surface area contributed by atoms with E-state index in [0.717, 1.165) is 11.8 Å². The molecule has 1 aliphatic rings. The van der Waals surface area contributed by atoms with Crippen molar-refractivity contribution in [1.29, 1.82) is 0 Å². The third-order valence-electron chi connectivity index (χ3n) is 3.47. The van der Waals surface area contributed by atoms with Crippen molar-refractivity contribution in [2.75, 3.05) is 0 Å². The highest BCUT2D eigenvalue weighted by Crippen LogP contribution is 2.33. The van der Waals surface area contributed by atoms with Gasteiger partial charge in [-0.25, -0.2) is 0 Å². The zero-order valence-electron chi connectivity index (χ0n) is 9.01. The summed E-state index contributed by atoms with van der Waals surface area (Å²) in [7, 11) is 0. The summed E-state index contributed by atoms with van der Waals surface area (Å²) in [5, 5.41) is 3.51. The fourth-order valence-electron chi connectivity index (χ4n) is 2.43. The molecule has 74 valence electrons. The van der Waals surface area contributed by atoms with Gasteiger partial charge >= 0.3 is 0 Å². The van der Waals surface area contributed by atoms with E-state index >= 15 is 0 Å². The Morgan fingerprint density at radius 1 is 1.54 bits per heavy atom. The van der Waals surface area contributed by atoms with Crippen LogP contribution in [0.25, 0.3) is 0 Å². The molecular weight excluding hydrogens is 158 g/mol. The highest BCUT2D eigenvalue weighted by atomic mass is 15.0. The van der Waals surface area contributed by atoms with Gasteiger partial charge in [0.2, 0.25) is 0 Å². The molecule has 1 saturated carbocycles. The number of hydrogen-bond acceptors (Lipinski definition) is 1. The number of terminal acetylenes is 1. The van der Waals surface area contributed by atoms with E-state index in [1.165, 1.54) is 19.3 Å². The minimum absolute atomic E-state index is 0.225. The van der Waals surface area contributed by atoms with Crippen LogP contribution >= 0.6 is 0 Å². The molecule has 0 radical (unpaired) electrons. The lowest BCUT2D eigenvalue weighted by Gasteiger charge is -2.22. The second-order valence-corrected chi connectivity index (χ2v) is 4.27. The quantitative estimate of drug-likeness (QED) is 0.656. The van der Waals surface area contributed by atoms with Crippen molar-refractivity contribution in [3.8, 4) is 12.3 Å². The molecule has 1 heteroatoms. The lowest BCUT2D eigenvalue weighted by atomic mass is 9.93. The molecule has 0 aromatic carbocycles. The van der Waals surface area contributed by atoms with Crippen LogP contribution in [0.2, 0.25) is 0 Å². The van der Waals surface area contributed by atoms with E-state index in [9.17, 15) is 0 Å². The molecule has 13 heavy (non-hydrogen) atoms. The van der Waals surface area contributed by atoms with Crippen LogP contribution in [0.1, 0.15) is 40.0 Å². The van der Waals surface area contributed by atoms with Crippen molar-refractivity contribution in [2.45, 2.75) is 52.1 Å². The standard InChI is InChI=1S/C12H21N/c1-5-9(3)13-12-8-7-11(6-2)10(12)4/h1,9-13H,6-8H2,2-4H3. The van der Waals surface area contributed by atoms with Gasteiger partial charge in [0.05, 0.1) is 6.04 Å². The van der Waals surface area contributed by atoms with Gasteiger partial charge in [-0.2, -0.15) is 0 Å². The van der Waals surface area contributed by atoms with Crippen molar-refractivity contribution < 1.29 is 0 Å². The SMILES string of the molecule is C#CC(C)NC1CCC(CC)C1C. The predicted molar refractivity (Wildman–Crippen MR) is 57.4 cm³/mol. The van der Waals surface area contributed by atoms with Gasteiger partial charge in [-0.15, -0.1) is 6.42 Å². The van der Waals surface area contributed by atoms with Crippen LogP contribution in [0.4, 0.5) is 0 Å². The molecule has 0 amide bonds. The predicted octanol–water partition coefficient (Wildman–Crippen LogP) is 2.42. The molecule has 1 aliphatic carbocycles. The van der Waals surface area contributed by atoms with Crippen LogP contribution in [0, 0.1) is 24.2 Å². The highest BCUT2D eigenvalue weighted by Gasteiger charge is 2.31. The maximum atomic E-state index is 5.35. The van der Waals surface area contributed by atoms with E-state index in [-0.39, 0.29) is 6.04 Å². The number of rotatable bonds is 3. The first-order chi connectivity index (χ1) is 6.19. The topological polar surface area (TPSA) is 12.0 Å². The summed E-state index contributed by atoms with van der Waals surface area (Å²) in [6.45, 7) is 6.70. The third-order valence-corrected chi connectivity index (χ3v) is 3.47. The van der Waals surface area contributed by atoms with E-state index in [1.807, 2.05) is 0 Å². The average Bonchev–Trinajstić information content (AvgIpc) is 2.48. The number of nitrogens with one attached hydrogen (secondary N) is 1. The molecule has 0 spiro atoms. The Labute approximate surface area is 82.3 Å². The Hall–Kier alpha value is -0.480. The molecular formula is C12H21N. The minimum Gasteiger partial charge on any atom is -0.301 e. The van der Waals surface area contributed by atoms with Crippen molar-refractivity contribution in [3.05, 3.63) is 0 Å². The van der Waals surface area contributed by atoms with Gasteiger partial charge in [0.25, 0.3) is 0 Å². The van der Waals surface area contributed by atoms with E-state index in [0.29, 0.717) is 6.04 Å². The molecule has 0 aliphatic heterocycles. The van der Waals surface area contributed by atoms with Gasteiger partial charge in [0.1, 0.15) is 0 Å². The molecule has 0 saturated heterocycles. The normalized spacial score (nSPS) is 35.7. The molecule has 1 fully saturated rings. The Kier molecular flexibility index (Phi) is 3.81. The van der Waals surface area contributed by atoms with Gasteiger partial charge in [0.15, 0.2) is 0 Å². The van der Waals surface area contributed by atoms with E-state index in [2.05, 4.69) is 32.0 Å². The first-order valence-corrected chi connectivity index (χ1v) is 5.41. The van der Waals surface area contributed by atoms with Crippen LogP contribution in [0.5, 0.6) is 0 Å². The summed E-state index contributed by atoms with van der Waals surface area (Å²) in [4.78, 5) is 0. The van der Waals surface area contributed by atoms with Crippen LogP contribution < -0.4 is 5.32 Å². The maximum Gasteiger partial charge on any atom is 0.0660 e. The second kappa shape index (κ2) is 4.67. The zero-order valence-corrected chi connectivity index (χ0v) is 9.01. The monoisotopic (exact) mass is 179 g/mol. The van der Waals surface area contributed by atoms with Gasteiger partial charge < -0.3 is 5.32 Å². The largest absolute Gasteiger partial charge is 0.301 e. The van der Waals surface area contributed by atoms with E-state index in [1.54, 1.807) is 0 Å². The summed E-state index contributed by atoms with van der Waals surface area (Å²) in [5.74, 6) is 4.43. The fourth-order valence-corrected chi connectivity index (χ4v) is 2.43. The zero-order chi connectivity index (χ0) is 9.84. The minimum atomic E-state index is 0.225. The lowest BCUT2D eigenvalue weighted by Crippen LogP contribution is -2.38. The van der Waals surface area contributed by atoms with Crippen LogP contribution in [-0.4, -0.2) is 12.1 Å². The van der Waals surface area contributed by atoms with Crippen molar-refractivity contribution in [3.63, 3.8) is 0 Å². The van der Waals surface area contributed by atoms with E-state index in [4.69, 9.17) is 6.42 Å². The van der Waals surface area contributed by atoms with Gasteiger partial charge in [0, 0.05) is 6.04 Å². The molecule has 0 aromatic heterocycles. The number of hydrogen-bond donors (Lipinski definition) is 1. The average molecular weight is 179 g/mol. The first kappa shape index (κ1) is 10.6. The van der Waals surface area contributed by atoms with Crippen molar-refractivity contribution in [2.24, 2.45) is 11.8 Å². The Bertz CT molecular complexity index is 192. The van der Waals surface area contributed by atoms with Crippen LogP contribution in [0.15, 0.2) is 0 Å². The van der Waals surface area contributed by atoms with Crippen LogP contribution in [0.3, 0.4) is 0 Å². The summed E-state index contributed by atoms with van der Waals surface area (Å²) in [6, 6.07) is 0.874. The molecule has 4 atom stereocenters. The van der Waals surface area contributed by atoms with Crippen LogP contribution in [-0.2, 0) is 0 Å². The molecule has 4 unspecified atom stereocenters. The van der Waals surface area contributed by atoms with E-state index < -0.39 is 0 Å². The summed E-state index contributed by atoms with van der Waals surface area (Å²) >= 11 is 0. The third kappa shape index (κ3) is 2.48. The molecule has 0 aromatic rings. The molecule has 0 heterocycles. The van der Waals surface area contributed by atoms with Crippen molar-refractivity contribution in [1.82, 2.24) is 5.32 Å². The Balaban J connectivity index is 2.42. The maximum absolute atomic E-state index is 5.35. The molecule has 0 bridgehead atoms. The molecule has 1 rings (SSSR count). The summed E-state index contributed by atoms with van der Waals surface area (Å²) in [5.41, 5.74) is 0. The Morgan fingerprint density at radius 2 is 2.23 bits per heavy atom. The lowest BCUT2D eigenvalue weighted by molar-refractivity contribution is 0.339. The Morgan fingerprint density at radius 3 is 2.69 bits per heavy atom. The summed E-state index contributed by atoms with van der Waals surface area (Å²) in [6.07, 6.45) is 9.32. The molecule has 1 nitrogen and oxygen atoms in total. The highest BCUT2D eigenvalue weighted by molar-refractivity contribution is 4.99. The van der Waals surface area contributed by atoms with Gasteiger partial charge in [-0.1, -0.05) is 26.2 Å². The first-order valence-electron chi connectivity index (χ1n) is 5.41. The van der Waals surface area contributed by atoms with Gasteiger partial charge in [-0.3, -0.25) is 0 Å². The smallest absolute Gasteiger partial charge is 0.0660 e. The molecule has 1 N–H and O–H groups in total.